The van der Waals surface area contributed by atoms with Gasteiger partial charge in [0.25, 0.3) is 0 Å². The molecular formula is H9O12Si4. The third-order valence-electron chi connectivity index (χ3n) is 0.661. The Morgan fingerprint density at radius 3 is 0.812 bits per heavy atom. The second-order valence-electron chi connectivity index (χ2n) is 2.28. The first-order valence-corrected chi connectivity index (χ1v) is 9.71. The Hall–Kier alpha value is 0.388. The summed E-state index contributed by atoms with van der Waals surface area (Å²) < 4.78 is 11.3. The Balaban J connectivity index is 4.53. The molecule has 0 aliphatic heterocycles. The maximum atomic E-state index is 8.42. The van der Waals surface area contributed by atoms with E-state index in [-0.39, 0.29) is 0 Å². The zero-order valence-electron chi connectivity index (χ0n) is 7.25. The van der Waals surface area contributed by atoms with Crippen molar-refractivity contribution in [1.82, 2.24) is 0 Å². The van der Waals surface area contributed by atoms with Gasteiger partial charge in [-0.15, -0.1) is 0 Å². The average Bonchev–Trinajstić information content (AvgIpc) is 1.70. The molecular weight excluding hydrogens is 304 g/mol. The van der Waals surface area contributed by atoms with E-state index < -0.39 is 36.7 Å². The summed E-state index contributed by atoms with van der Waals surface area (Å²) in [6.45, 7) is 0. The second-order valence-corrected chi connectivity index (χ2v) is 8.67. The monoisotopic (exact) mass is 313 g/mol. The lowest BCUT2D eigenvalue weighted by Gasteiger charge is -2.22. The maximum absolute atomic E-state index is 8.42. The lowest BCUT2D eigenvalue weighted by molar-refractivity contribution is 0.0427. The first kappa shape index (κ1) is 16.4. The van der Waals surface area contributed by atoms with Gasteiger partial charge in [0.05, 0.1) is 0 Å². The van der Waals surface area contributed by atoms with E-state index in [0.29, 0.717) is 0 Å². The van der Waals surface area contributed by atoms with E-state index in [0.717, 1.165) is 0 Å². The quantitative estimate of drug-likeness (QED) is 0.209. The first-order chi connectivity index (χ1) is 6.79. The van der Waals surface area contributed by atoms with Crippen LogP contribution in [0.15, 0.2) is 0 Å². The van der Waals surface area contributed by atoms with Gasteiger partial charge in [0.15, 0.2) is 0 Å². The lowest BCUT2D eigenvalue weighted by Crippen LogP contribution is -2.57. The molecule has 0 fully saturated rings. The highest BCUT2D eigenvalue weighted by Gasteiger charge is 2.50. The van der Waals surface area contributed by atoms with Crippen molar-refractivity contribution in [2.45, 2.75) is 0 Å². The highest BCUT2D eigenvalue weighted by molar-refractivity contribution is 6.69. The largest absolute Gasteiger partial charge is 0.663 e. The van der Waals surface area contributed by atoms with Crippen molar-refractivity contribution in [3.05, 3.63) is 0 Å². The zero-order chi connectivity index (χ0) is 13.2. The van der Waals surface area contributed by atoms with E-state index in [2.05, 4.69) is 12.3 Å². The number of hydrogen-bond donors (Lipinski definition) is 9. The molecule has 12 nitrogen and oxygen atoms in total. The average molecular weight is 313 g/mol. The van der Waals surface area contributed by atoms with Crippen molar-refractivity contribution < 1.29 is 55.5 Å². The second kappa shape index (κ2) is 5.36. The predicted molar refractivity (Wildman–Crippen MR) is 46.2 cm³/mol. The van der Waals surface area contributed by atoms with Crippen LogP contribution >= 0.6 is 0 Å². The van der Waals surface area contributed by atoms with Gasteiger partial charge in [0.2, 0.25) is 0 Å². The molecule has 0 bridgehead atoms. The van der Waals surface area contributed by atoms with Gasteiger partial charge in [-0.1, -0.05) is 0 Å². The first-order valence-electron chi connectivity index (χ1n) is 3.24. The molecule has 0 saturated heterocycles. The molecule has 9 N–H and O–H groups in total. The minimum absolute atomic E-state index is 3.76. The molecule has 0 aromatic rings. The topological polar surface area (TPSA) is 210 Å². The Morgan fingerprint density at radius 2 is 0.688 bits per heavy atom. The molecule has 0 saturated carbocycles. The van der Waals surface area contributed by atoms with E-state index in [1.54, 1.807) is 0 Å². The smallest absolute Gasteiger partial charge is 0.368 e. The van der Waals surface area contributed by atoms with Gasteiger partial charge in [-0.25, -0.2) is 0 Å². The molecule has 0 atom stereocenters. The van der Waals surface area contributed by atoms with Gasteiger partial charge in [0, 0.05) is 0 Å². The molecule has 0 unspecified atom stereocenters. The summed E-state index contributed by atoms with van der Waals surface area (Å²) in [6.07, 6.45) is 0. The summed E-state index contributed by atoms with van der Waals surface area (Å²) in [5.74, 6) is 0. The van der Waals surface area contributed by atoms with E-state index in [1.807, 2.05) is 0 Å². The molecule has 97 valence electrons. The van der Waals surface area contributed by atoms with Crippen LogP contribution in [0.1, 0.15) is 0 Å². The molecule has 0 spiro atoms. The summed E-state index contributed by atoms with van der Waals surface area (Å²) in [7, 11) is -19.5. The van der Waals surface area contributed by atoms with Crippen molar-refractivity contribution in [2.75, 3.05) is 0 Å². The normalized spacial score (nSPS) is 14.6. The van der Waals surface area contributed by atoms with Gasteiger partial charge in [-0.2, -0.15) is 0 Å². The predicted octanol–water partition coefficient (Wildman–Crippen LogP) is -6.74. The van der Waals surface area contributed by atoms with Crippen molar-refractivity contribution >= 4 is 36.7 Å². The highest BCUT2D eigenvalue weighted by atomic mass is 28.5. The fourth-order valence-electron chi connectivity index (χ4n) is 0.398. The van der Waals surface area contributed by atoms with E-state index in [1.165, 1.54) is 0 Å². The summed E-state index contributed by atoms with van der Waals surface area (Å²) in [6, 6.07) is 0. The molecule has 0 heterocycles. The van der Waals surface area contributed by atoms with Crippen LogP contribution in [0.2, 0.25) is 0 Å². The summed E-state index contributed by atoms with van der Waals surface area (Å²) in [4.78, 5) is 75.7. The van der Waals surface area contributed by atoms with Crippen LogP contribution in [0.3, 0.4) is 0 Å². The van der Waals surface area contributed by atoms with Gasteiger partial charge >= 0.3 is 36.7 Å². The molecule has 0 aromatic carbocycles. The van der Waals surface area contributed by atoms with Gasteiger partial charge in [0.1, 0.15) is 0 Å². The fraction of sp³-hybridized carbons (Fsp3) is 0. The molecule has 0 aliphatic rings. The van der Waals surface area contributed by atoms with Crippen LogP contribution in [0.25, 0.3) is 0 Å². The fourth-order valence-corrected chi connectivity index (χ4v) is 4.71. The number of hydrogen-bond acceptors (Lipinski definition) is 12. The maximum Gasteiger partial charge on any atom is 0.663 e. The van der Waals surface area contributed by atoms with Crippen molar-refractivity contribution in [3.63, 3.8) is 0 Å². The zero-order valence-corrected chi connectivity index (χ0v) is 11.2. The van der Waals surface area contributed by atoms with Crippen LogP contribution in [0.4, 0.5) is 0 Å². The van der Waals surface area contributed by atoms with Crippen molar-refractivity contribution in [3.8, 4) is 0 Å². The summed E-state index contributed by atoms with van der Waals surface area (Å²) in [5.41, 5.74) is 0. The van der Waals surface area contributed by atoms with Crippen LogP contribution in [0, 0.1) is 0 Å². The van der Waals surface area contributed by atoms with E-state index >= 15 is 0 Å². The minimum atomic E-state index is -5.25. The van der Waals surface area contributed by atoms with E-state index in [4.69, 9.17) is 43.2 Å². The SMILES string of the molecule is O[Si](O)(O)O[Si](O[Si](O)(O)O)O[Si](O)(O)O. The van der Waals surface area contributed by atoms with Crippen molar-refractivity contribution in [2.24, 2.45) is 0 Å². The highest BCUT2D eigenvalue weighted by Crippen LogP contribution is 2.05. The third-order valence-corrected chi connectivity index (χ3v) is 5.95. The van der Waals surface area contributed by atoms with Gasteiger partial charge in [-0.3, -0.25) is 0 Å². The van der Waals surface area contributed by atoms with Crippen molar-refractivity contribution in [1.29, 1.82) is 0 Å². The molecule has 16 heavy (non-hydrogen) atoms. The molecule has 1 radical (unpaired) electrons. The Morgan fingerprint density at radius 1 is 0.500 bits per heavy atom. The Kier molecular flexibility index (Phi) is 5.49. The summed E-state index contributed by atoms with van der Waals surface area (Å²) in [5, 5.41) is 0. The standard InChI is InChI=1S/H9O12Si4/c1-14(2,3)10-13(11-15(4,5)6)12-16(7,8)9/h1-9H. The molecule has 0 aliphatic carbocycles. The van der Waals surface area contributed by atoms with Crippen LogP contribution in [0.5, 0.6) is 0 Å². The molecule has 0 amide bonds. The van der Waals surface area contributed by atoms with E-state index in [9.17, 15) is 0 Å². The van der Waals surface area contributed by atoms with Crippen LogP contribution < -0.4 is 0 Å². The van der Waals surface area contributed by atoms with Crippen LogP contribution in [-0.4, -0.2) is 79.8 Å². The Labute approximate surface area is 92.8 Å². The summed E-state index contributed by atoms with van der Waals surface area (Å²) >= 11 is 0. The number of rotatable bonds is 6. The van der Waals surface area contributed by atoms with Gasteiger partial charge < -0.3 is 55.5 Å². The minimum Gasteiger partial charge on any atom is -0.368 e. The molecule has 0 aromatic heterocycles. The van der Waals surface area contributed by atoms with Crippen LogP contribution in [-0.2, 0) is 12.3 Å². The molecule has 0 rings (SSSR count). The third kappa shape index (κ3) is 10.9. The van der Waals surface area contributed by atoms with Gasteiger partial charge in [-0.05, 0) is 0 Å². The lowest BCUT2D eigenvalue weighted by atomic mass is 15.6. The molecule has 16 heteroatoms. The Bertz CT molecular complexity index is 166.